The molecule has 1 heterocycles. The number of aromatic nitrogens is 3. The molecular formula is C112H198N5O6. The third-order valence-corrected chi connectivity index (χ3v) is 25.4. The maximum atomic E-state index is 6.97. The van der Waals surface area contributed by atoms with Crippen molar-refractivity contribution in [2.24, 2.45) is 0 Å². The number of rotatable bonds is 95. The zero-order valence-electron chi connectivity index (χ0n) is 82.0. The highest BCUT2D eigenvalue weighted by Crippen LogP contribution is 2.44. The summed E-state index contributed by atoms with van der Waals surface area (Å²) in [6.07, 6.45) is 102. The largest absolute Gasteiger partial charge is 0.489 e. The first-order chi connectivity index (χ1) is 60.9. The van der Waals surface area contributed by atoms with E-state index in [9.17, 15) is 0 Å². The number of hydrogen-bond donors (Lipinski definition) is 2. The second-order valence-electron chi connectivity index (χ2n) is 37.4. The molecule has 4 rings (SSSR count). The van der Waals surface area contributed by atoms with Crippen molar-refractivity contribution in [1.82, 2.24) is 15.0 Å². The molecule has 11 heteroatoms. The molecule has 0 aliphatic heterocycles. The van der Waals surface area contributed by atoms with Crippen molar-refractivity contribution in [3.63, 3.8) is 0 Å². The van der Waals surface area contributed by atoms with E-state index in [2.05, 4.69) is 83.4 Å². The molecule has 0 saturated carbocycles. The van der Waals surface area contributed by atoms with Crippen LogP contribution in [0.15, 0.2) is 48.5 Å². The first-order valence-corrected chi connectivity index (χ1v) is 54.3. The first-order valence-electron chi connectivity index (χ1n) is 54.3. The van der Waals surface area contributed by atoms with Crippen LogP contribution in [-0.2, 0) is 0 Å². The van der Waals surface area contributed by atoms with Gasteiger partial charge in [-0.05, 0) is 51.0 Å². The van der Waals surface area contributed by atoms with Gasteiger partial charge in [-0.25, -0.2) is 0 Å². The van der Waals surface area contributed by atoms with E-state index in [1.54, 1.807) is 0 Å². The second kappa shape index (κ2) is 83.9. The van der Waals surface area contributed by atoms with E-state index in [0.717, 1.165) is 99.6 Å². The Hall–Kier alpha value is -4.93. The molecule has 11 nitrogen and oxygen atoms in total. The Morgan fingerprint density at radius 1 is 0.203 bits per heavy atom. The van der Waals surface area contributed by atoms with Gasteiger partial charge in [0.25, 0.3) is 0 Å². The van der Waals surface area contributed by atoms with Crippen molar-refractivity contribution >= 4 is 23.3 Å². The molecule has 3 aromatic carbocycles. The maximum absolute atomic E-state index is 6.97. The van der Waals surface area contributed by atoms with Crippen molar-refractivity contribution in [3.05, 3.63) is 61.0 Å². The van der Waals surface area contributed by atoms with Crippen molar-refractivity contribution in [3.8, 4) is 45.9 Å². The van der Waals surface area contributed by atoms with Gasteiger partial charge in [-0.1, -0.05) is 528 Å². The fourth-order valence-corrected chi connectivity index (χ4v) is 17.3. The summed E-state index contributed by atoms with van der Waals surface area (Å²) in [7, 11) is 0. The monoisotopic (exact) mass is 1710 g/mol. The average Bonchev–Trinajstić information content (AvgIpc) is 0.806. The number of hydrogen-bond acceptors (Lipinski definition) is 11. The summed E-state index contributed by atoms with van der Waals surface area (Å²) in [6.45, 7) is 21.7. The van der Waals surface area contributed by atoms with Gasteiger partial charge in [0.2, 0.25) is 23.4 Å². The van der Waals surface area contributed by atoms with Crippen LogP contribution in [0.3, 0.4) is 0 Å². The molecule has 0 spiro atoms. The lowest BCUT2D eigenvalue weighted by Crippen LogP contribution is -2.09. The Morgan fingerprint density at radius 3 is 0.545 bits per heavy atom. The molecular weight excluding hydrogens is 1510 g/mol. The van der Waals surface area contributed by atoms with Crippen molar-refractivity contribution in [2.45, 2.75) is 542 Å². The van der Waals surface area contributed by atoms with E-state index in [1.807, 2.05) is 24.3 Å². The number of ether oxygens (including phenoxy) is 6. The molecule has 0 fully saturated rings. The molecule has 0 aliphatic rings. The molecule has 0 atom stereocenters. The molecule has 0 unspecified atom stereocenters. The third kappa shape index (κ3) is 62.8. The smallest absolute Gasteiger partial charge is 0.232 e. The average molecular weight is 1710 g/mol. The van der Waals surface area contributed by atoms with Gasteiger partial charge in [0.1, 0.15) is 0 Å². The molecule has 0 aliphatic carbocycles. The fourth-order valence-electron chi connectivity index (χ4n) is 17.3. The lowest BCUT2D eigenvalue weighted by atomic mass is 10.0. The maximum Gasteiger partial charge on any atom is 0.232 e. The van der Waals surface area contributed by atoms with Gasteiger partial charge >= 0.3 is 0 Å². The van der Waals surface area contributed by atoms with E-state index in [1.165, 1.54) is 424 Å². The van der Waals surface area contributed by atoms with Crippen LogP contribution in [0.25, 0.3) is 11.4 Å². The number of nitrogens with one attached hydrogen (secondary N) is 2. The van der Waals surface area contributed by atoms with Crippen LogP contribution < -0.4 is 39.1 Å². The highest BCUT2D eigenvalue weighted by molar-refractivity contribution is 5.70. The number of benzene rings is 3. The Bertz CT molecular complexity index is 2650. The molecule has 4 aromatic rings. The summed E-state index contributed by atoms with van der Waals surface area (Å²) in [6, 6.07) is 16.5. The Labute approximate surface area is 761 Å². The minimum Gasteiger partial charge on any atom is -0.489 e. The number of nitrogens with zero attached hydrogens (tertiary/aromatic N) is 3. The van der Waals surface area contributed by atoms with Gasteiger partial charge in [0.05, 0.1) is 39.6 Å². The molecule has 0 bridgehead atoms. The first kappa shape index (κ1) is 110. The summed E-state index contributed by atoms with van der Waals surface area (Å²) < 4.78 is 41.8. The second-order valence-corrected chi connectivity index (χ2v) is 37.4. The van der Waals surface area contributed by atoms with E-state index < -0.39 is 0 Å². The van der Waals surface area contributed by atoms with Crippen LogP contribution in [0.5, 0.6) is 34.5 Å². The van der Waals surface area contributed by atoms with Crippen LogP contribution in [0.1, 0.15) is 548 Å². The van der Waals surface area contributed by atoms with E-state index in [0.29, 0.717) is 91.9 Å². The number of anilines is 4. The van der Waals surface area contributed by atoms with Gasteiger partial charge in [-0.3, -0.25) is 0 Å². The lowest BCUT2D eigenvalue weighted by Gasteiger charge is -2.20. The topological polar surface area (TPSA) is 118 Å². The Kier molecular flexibility index (Phi) is 75.3. The quantitative estimate of drug-likeness (QED) is 0.0412. The zero-order chi connectivity index (χ0) is 87.3. The van der Waals surface area contributed by atoms with Gasteiger partial charge in [0, 0.05) is 41.2 Å². The predicted octanol–water partition coefficient (Wildman–Crippen LogP) is 38.0. The van der Waals surface area contributed by atoms with E-state index in [-0.39, 0.29) is 0 Å². The van der Waals surface area contributed by atoms with Crippen LogP contribution >= 0.6 is 0 Å². The van der Waals surface area contributed by atoms with Gasteiger partial charge in [0.15, 0.2) is 28.8 Å². The summed E-state index contributed by atoms with van der Waals surface area (Å²) in [5.74, 6) is 5.50. The highest BCUT2D eigenvalue weighted by atomic mass is 16.5. The van der Waals surface area contributed by atoms with Crippen molar-refractivity contribution in [1.29, 1.82) is 0 Å². The standard InChI is InChI=1S/C112H198N5O6/c1-8-14-20-26-32-38-44-50-56-62-68-74-80-90-118-104-96-102(97-105(119-91-81-75-69-63-57-51-45-39-33-27-21-15-9-2)108(104)122-94-84-78-72-66-60-54-48-42-36-30-24-18-12-5)113-111-115-110(101-88-86-100(7)87-89-101)116-112(117-111)114-103-98-106(120-92-82-76-70-64-58-52-46-40-34-28-22-16-10-3)109(123-95-85-79-73-67-61-55-49-43-37-31-25-19-13-6)107(99-103)121-93-83-77-71-65-59-53-47-41-35-29-23-17-11-4/h86-89,96-99H,7-85,90-95H2,1-6H3,(H2,113,114,115,116,117). The zero-order valence-corrected chi connectivity index (χ0v) is 82.0. The summed E-state index contributed by atoms with van der Waals surface area (Å²) >= 11 is 0. The highest BCUT2D eigenvalue weighted by Gasteiger charge is 2.22. The minimum atomic E-state index is 0.391. The Balaban J connectivity index is 1.70. The van der Waals surface area contributed by atoms with Gasteiger partial charge in [-0.2, -0.15) is 15.0 Å². The predicted molar refractivity (Wildman–Crippen MR) is 536 cm³/mol. The van der Waals surface area contributed by atoms with Gasteiger partial charge < -0.3 is 39.1 Å². The third-order valence-electron chi connectivity index (χ3n) is 25.4. The van der Waals surface area contributed by atoms with Gasteiger partial charge in [-0.15, -0.1) is 0 Å². The molecule has 1 aromatic heterocycles. The molecule has 2 N–H and O–H groups in total. The van der Waals surface area contributed by atoms with E-state index in [4.69, 9.17) is 43.4 Å². The molecule has 1 radical (unpaired) electrons. The summed E-state index contributed by atoms with van der Waals surface area (Å²) in [5.41, 5.74) is 3.31. The Morgan fingerprint density at radius 2 is 0.366 bits per heavy atom. The fraction of sp³-hybridized carbons (Fsp3) is 0.804. The van der Waals surface area contributed by atoms with Crippen LogP contribution in [0, 0.1) is 6.92 Å². The molecule has 0 saturated heterocycles. The number of unbranched alkanes of at least 4 members (excludes halogenated alkanes) is 72. The molecule has 123 heavy (non-hydrogen) atoms. The van der Waals surface area contributed by atoms with Crippen molar-refractivity contribution < 1.29 is 28.4 Å². The minimum absolute atomic E-state index is 0.391. The lowest BCUT2D eigenvalue weighted by molar-refractivity contribution is 0.234. The normalized spacial score (nSPS) is 11.5. The molecule has 707 valence electrons. The van der Waals surface area contributed by atoms with Crippen molar-refractivity contribution in [2.75, 3.05) is 50.3 Å². The van der Waals surface area contributed by atoms with Crippen LogP contribution in [0.4, 0.5) is 23.3 Å². The van der Waals surface area contributed by atoms with Crippen LogP contribution in [-0.4, -0.2) is 54.6 Å². The SMILES string of the molecule is [CH2]c1ccc(-c2nc(Nc3cc(OCCCCCCCCCCCCCCC)c(OCCCCCCCCCCCCCCC)c(OCCCCCCCCCCCCCCC)c3)nc(Nc3cc(OCCCCCCCCCCCCCCC)c(OCCCCCCCCCCCCCCC)c(OCCCCCCCCCCCCCCC)c3)n2)cc1. The van der Waals surface area contributed by atoms with Crippen LogP contribution in [0.2, 0.25) is 0 Å². The summed E-state index contributed by atoms with van der Waals surface area (Å²) in [5, 5.41) is 7.43. The van der Waals surface area contributed by atoms with E-state index >= 15 is 0 Å². The molecule has 0 amide bonds. The summed E-state index contributed by atoms with van der Waals surface area (Å²) in [4.78, 5) is 15.7.